The summed E-state index contributed by atoms with van der Waals surface area (Å²) in [5.74, 6) is 0.696. The van der Waals surface area contributed by atoms with Crippen LogP contribution in [0.25, 0.3) is 0 Å². The number of nitrogens with zero attached hydrogens (tertiary/aromatic N) is 1. The van der Waals surface area contributed by atoms with E-state index < -0.39 is 6.18 Å². The highest BCUT2D eigenvalue weighted by Gasteiger charge is 2.37. The number of alkyl halides is 3. The molecule has 1 aliphatic carbocycles. The number of rotatable bonds is 4. The van der Waals surface area contributed by atoms with Crippen LogP contribution in [-0.4, -0.2) is 31.2 Å². The van der Waals surface area contributed by atoms with Crippen LogP contribution in [0.15, 0.2) is 23.3 Å². The molecule has 1 unspecified atom stereocenters. The van der Waals surface area contributed by atoms with Gasteiger partial charge in [-0.2, -0.15) is 13.2 Å². The van der Waals surface area contributed by atoms with E-state index in [1.807, 2.05) is 13.0 Å². The largest absolute Gasteiger partial charge is 0.412 e. The van der Waals surface area contributed by atoms with Crippen LogP contribution in [0.2, 0.25) is 0 Å². The fraction of sp³-hybridized carbons (Fsp3) is 0.765. The Bertz CT molecular complexity index is 401. The Kier molecular flexibility index (Phi) is 5.53. The summed E-state index contributed by atoms with van der Waals surface area (Å²) >= 11 is 0. The standard InChI is InChI=1S/C17H26F3N/c1-13-6-7-15(16(12-13)17(18,19)20)5-3-4-14-8-10-21(2)11-9-14/h6-7,13-14H,3-5,8-12H2,1-2H3. The van der Waals surface area contributed by atoms with E-state index in [1.54, 1.807) is 6.08 Å². The minimum Gasteiger partial charge on any atom is -0.306 e. The Morgan fingerprint density at radius 2 is 1.90 bits per heavy atom. The first-order valence-electron chi connectivity index (χ1n) is 8.02. The van der Waals surface area contributed by atoms with E-state index in [2.05, 4.69) is 11.9 Å². The molecule has 0 saturated carbocycles. The van der Waals surface area contributed by atoms with Gasteiger partial charge in [-0.15, -0.1) is 0 Å². The second-order valence-electron chi connectivity index (χ2n) is 6.68. The minimum absolute atomic E-state index is 0.000688. The van der Waals surface area contributed by atoms with Crippen LogP contribution in [0.5, 0.6) is 0 Å². The van der Waals surface area contributed by atoms with Crippen molar-refractivity contribution in [3.8, 4) is 0 Å². The van der Waals surface area contributed by atoms with Crippen LogP contribution in [0.1, 0.15) is 45.4 Å². The summed E-state index contributed by atoms with van der Waals surface area (Å²) in [6.07, 6.45) is 4.50. The van der Waals surface area contributed by atoms with E-state index >= 15 is 0 Å². The average molecular weight is 301 g/mol. The van der Waals surface area contributed by atoms with Crippen molar-refractivity contribution in [3.63, 3.8) is 0 Å². The zero-order valence-electron chi connectivity index (χ0n) is 13.0. The van der Waals surface area contributed by atoms with E-state index in [0.29, 0.717) is 17.9 Å². The van der Waals surface area contributed by atoms with Gasteiger partial charge < -0.3 is 4.90 Å². The first-order valence-corrected chi connectivity index (χ1v) is 8.02. The molecule has 0 aromatic heterocycles. The van der Waals surface area contributed by atoms with Crippen LogP contribution in [0, 0.1) is 11.8 Å². The summed E-state index contributed by atoms with van der Waals surface area (Å²) < 4.78 is 39.3. The van der Waals surface area contributed by atoms with Gasteiger partial charge in [-0.3, -0.25) is 0 Å². The number of hydrogen-bond acceptors (Lipinski definition) is 1. The molecule has 0 N–H and O–H groups in total. The van der Waals surface area contributed by atoms with Crippen molar-refractivity contribution in [1.82, 2.24) is 4.90 Å². The molecule has 2 rings (SSSR count). The molecule has 0 radical (unpaired) electrons. The summed E-state index contributed by atoms with van der Waals surface area (Å²) in [5, 5.41) is 0. The number of piperidine rings is 1. The SMILES string of the molecule is CC1C=CC(CCCC2CCN(C)CC2)=C(C(F)(F)F)C1. The molecule has 4 heteroatoms. The van der Waals surface area contributed by atoms with Gasteiger partial charge in [-0.1, -0.05) is 25.5 Å². The first kappa shape index (κ1) is 16.6. The predicted octanol–water partition coefficient (Wildman–Crippen LogP) is 4.95. The predicted molar refractivity (Wildman–Crippen MR) is 80.1 cm³/mol. The lowest BCUT2D eigenvalue weighted by molar-refractivity contribution is -0.0958. The molecule has 0 aromatic rings. The molecule has 0 spiro atoms. The third-order valence-electron chi connectivity index (χ3n) is 4.78. The van der Waals surface area contributed by atoms with Gasteiger partial charge in [0.2, 0.25) is 0 Å². The fourth-order valence-electron chi connectivity index (χ4n) is 3.37. The van der Waals surface area contributed by atoms with Crippen LogP contribution in [0.4, 0.5) is 13.2 Å². The quantitative estimate of drug-likeness (QED) is 0.710. The molecule has 1 saturated heterocycles. The summed E-state index contributed by atoms with van der Waals surface area (Å²) in [4.78, 5) is 2.33. The van der Waals surface area contributed by atoms with Gasteiger partial charge in [0.15, 0.2) is 0 Å². The first-order chi connectivity index (χ1) is 9.86. The van der Waals surface area contributed by atoms with Crippen LogP contribution in [0.3, 0.4) is 0 Å². The van der Waals surface area contributed by atoms with Crippen molar-refractivity contribution in [3.05, 3.63) is 23.3 Å². The molecule has 1 heterocycles. The van der Waals surface area contributed by atoms with Gasteiger partial charge in [-0.05, 0) is 69.7 Å². The minimum atomic E-state index is -4.16. The lowest BCUT2D eigenvalue weighted by Crippen LogP contribution is -2.30. The van der Waals surface area contributed by atoms with Gasteiger partial charge in [-0.25, -0.2) is 0 Å². The van der Waals surface area contributed by atoms with Crippen molar-refractivity contribution in [1.29, 1.82) is 0 Å². The van der Waals surface area contributed by atoms with Gasteiger partial charge in [0.25, 0.3) is 0 Å². The highest BCUT2D eigenvalue weighted by molar-refractivity contribution is 5.33. The Morgan fingerprint density at radius 3 is 2.52 bits per heavy atom. The molecule has 2 aliphatic rings. The normalized spacial score (nSPS) is 25.7. The zero-order chi connectivity index (χ0) is 15.5. The van der Waals surface area contributed by atoms with Crippen molar-refractivity contribution in [2.24, 2.45) is 11.8 Å². The number of allylic oxidation sites excluding steroid dienone is 4. The smallest absolute Gasteiger partial charge is 0.306 e. The maximum Gasteiger partial charge on any atom is 0.412 e. The Morgan fingerprint density at radius 1 is 1.24 bits per heavy atom. The fourth-order valence-corrected chi connectivity index (χ4v) is 3.37. The molecule has 120 valence electrons. The zero-order valence-corrected chi connectivity index (χ0v) is 13.0. The van der Waals surface area contributed by atoms with Gasteiger partial charge in [0.05, 0.1) is 0 Å². The summed E-state index contributed by atoms with van der Waals surface area (Å²) in [7, 11) is 2.13. The Balaban J connectivity index is 1.87. The maximum absolute atomic E-state index is 13.1. The van der Waals surface area contributed by atoms with E-state index in [9.17, 15) is 13.2 Å². The summed E-state index contributed by atoms with van der Waals surface area (Å²) in [6, 6.07) is 0. The molecule has 0 aromatic carbocycles. The summed E-state index contributed by atoms with van der Waals surface area (Å²) in [5.41, 5.74) is 0.231. The topological polar surface area (TPSA) is 3.24 Å². The third kappa shape index (κ3) is 4.87. The molecule has 0 amide bonds. The summed E-state index contributed by atoms with van der Waals surface area (Å²) in [6.45, 7) is 4.09. The lowest BCUT2D eigenvalue weighted by Gasteiger charge is -2.29. The van der Waals surface area contributed by atoms with E-state index in [-0.39, 0.29) is 17.9 Å². The highest BCUT2D eigenvalue weighted by Crippen LogP contribution is 2.38. The molecule has 21 heavy (non-hydrogen) atoms. The van der Waals surface area contributed by atoms with E-state index in [4.69, 9.17) is 0 Å². The molecule has 1 nitrogen and oxygen atoms in total. The molecule has 0 bridgehead atoms. The van der Waals surface area contributed by atoms with Gasteiger partial charge in [0, 0.05) is 5.57 Å². The van der Waals surface area contributed by atoms with Crippen molar-refractivity contribution in [2.75, 3.05) is 20.1 Å². The van der Waals surface area contributed by atoms with Crippen molar-refractivity contribution < 1.29 is 13.2 Å². The second kappa shape index (κ2) is 6.99. The third-order valence-corrected chi connectivity index (χ3v) is 4.78. The van der Waals surface area contributed by atoms with Crippen molar-refractivity contribution in [2.45, 2.75) is 51.6 Å². The van der Waals surface area contributed by atoms with E-state index in [1.165, 1.54) is 12.8 Å². The highest BCUT2D eigenvalue weighted by atomic mass is 19.4. The van der Waals surface area contributed by atoms with Crippen LogP contribution >= 0.6 is 0 Å². The maximum atomic E-state index is 13.1. The van der Waals surface area contributed by atoms with Crippen molar-refractivity contribution >= 4 is 0 Å². The monoisotopic (exact) mass is 301 g/mol. The van der Waals surface area contributed by atoms with Gasteiger partial charge >= 0.3 is 6.18 Å². The van der Waals surface area contributed by atoms with Crippen LogP contribution in [-0.2, 0) is 0 Å². The number of likely N-dealkylation sites (tertiary alicyclic amines) is 1. The average Bonchev–Trinajstić information content (AvgIpc) is 2.41. The molecule has 1 aliphatic heterocycles. The van der Waals surface area contributed by atoms with Gasteiger partial charge in [0.1, 0.15) is 0 Å². The molecular formula is C17H26F3N. The van der Waals surface area contributed by atoms with E-state index in [0.717, 1.165) is 25.9 Å². The number of halogens is 3. The number of hydrogen-bond donors (Lipinski definition) is 0. The second-order valence-corrected chi connectivity index (χ2v) is 6.68. The Labute approximate surface area is 125 Å². The van der Waals surface area contributed by atoms with Crippen LogP contribution < -0.4 is 0 Å². The Hall–Kier alpha value is -0.770. The molecule has 1 fully saturated rings. The lowest BCUT2D eigenvalue weighted by atomic mass is 9.86. The molecule has 1 atom stereocenters. The molecular weight excluding hydrogens is 275 g/mol.